The lowest BCUT2D eigenvalue weighted by Crippen LogP contribution is -2.57. The van der Waals surface area contributed by atoms with Gasteiger partial charge in [0.2, 0.25) is 0 Å². The van der Waals surface area contributed by atoms with Crippen LogP contribution < -0.4 is 0 Å². The lowest BCUT2D eigenvalue weighted by Gasteiger charge is -2.59. The van der Waals surface area contributed by atoms with Crippen LogP contribution in [-0.2, 0) is 9.59 Å². The first-order valence-electron chi connectivity index (χ1n) is 9.45. The fraction of sp³-hybridized carbons (Fsp3) is 0.727. The molecule has 2 nitrogen and oxygen atoms in total. The first kappa shape index (κ1) is 17.6. The van der Waals surface area contributed by atoms with Crippen LogP contribution in [0.25, 0.3) is 0 Å². The maximum atomic E-state index is 13.1. The first-order valence-corrected chi connectivity index (χ1v) is 9.45. The largest absolute Gasteiger partial charge is 0.299 e. The Morgan fingerprint density at radius 3 is 2.50 bits per heavy atom. The summed E-state index contributed by atoms with van der Waals surface area (Å²) in [5.74, 6) is 1.20. The third-order valence-electron chi connectivity index (χ3n) is 7.69. The Bertz CT molecular complexity index is 626. The lowest BCUT2D eigenvalue weighted by atomic mass is 9.43. The highest BCUT2D eigenvalue weighted by molar-refractivity contribution is 5.89. The lowest BCUT2D eigenvalue weighted by molar-refractivity contribution is -0.153. The van der Waals surface area contributed by atoms with Gasteiger partial charge in [0.05, 0.1) is 0 Å². The van der Waals surface area contributed by atoms with Crippen LogP contribution in [0.3, 0.4) is 0 Å². The number of carbonyl (C=O) groups excluding carboxylic acids is 2. The van der Waals surface area contributed by atoms with Crippen molar-refractivity contribution in [3.8, 4) is 0 Å². The van der Waals surface area contributed by atoms with E-state index in [1.54, 1.807) is 6.92 Å². The second-order valence-corrected chi connectivity index (χ2v) is 9.59. The molecular formula is C22H32O2. The Morgan fingerprint density at radius 1 is 1.25 bits per heavy atom. The van der Waals surface area contributed by atoms with Crippen molar-refractivity contribution in [2.24, 2.45) is 34.0 Å². The number of carbonyl (C=O) groups is 2. The molecule has 0 aromatic rings. The van der Waals surface area contributed by atoms with Crippen molar-refractivity contribution in [2.45, 2.75) is 66.7 Å². The predicted octanol–water partition coefficient (Wildman–Crippen LogP) is 5.14. The molecule has 0 spiro atoms. The standard InChI is InChI=1S/C22H32O2/c1-7-21(5)11-8-17-16(13-21)15(14(2)23)12-18-20(3,4)10-9-19(24)22(17,18)6/h7,13,15,17-18H,1,8-12H2,2-6H3/t15-,17+,18+,21+,22-/m1/s1. The smallest absolute Gasteiger partial charge is 0.139 e. The average molecular weight is 328 g/mol. The van der Waals surface area contributed by atoms with Crippen molar-refractivity contribution in [1.82, 2.24) is 0 Å². The van der Waals surface area contributed by atoms with Gasteiger partial charge in [-0.3, -0.25) is 9.59 Å². The minimum atomic E-state index is -0.304. The van der Waals surface area contributed by atoms with Gasteiger partial charge in [-0.2, -0.15) is 0 Å². The summed E-state index contributed by atoms with van der Waals surface area (Å²) in [5, 5.41) is 0. The number of allylic oxidation sites excluding steroid dienone is 3. The van der Waals surface area contributed by atoms with E-state index in [9.17, 15) is 9.59 Å². The van der Waals surface area contributed by atoms with Gasteiger partial charge in [-0.15, -0.1) is 6.58 Å². The molecule has 0 aliphatic heterocycles. The highest BCUT2D eigenvalue weighted by atomic mass is 16.1. The van der Waals surface area contributed by atoms with Crippen molar-refractivity contribution in [3.63, 3.8) is 0 Å². The molecule has 0 unspecified atom stereocenters. The molecule has 0 radical (unpaired) electrons. The Labute approximate surface area is 146 Å². The average Bonchev–Trinajstić information content (AvgIpc) is 2.51. The van der Waals surface area contributed by atoms with Gasteiger partial charge in [-0.05, 0) is 49.9 Å². The van der Waals surface area contributed by atoms with E-state index in [4.69, 9.17) is 0 Å². The molecular weight excluding hydrogens is 296 g/mol. The molecule has 24 heavy (non-hydrogen) atoms. The molecule has 5 atom stereocenters. The molecule has 3 rings (SSSR count). The Hall–Kier alpha value is -1.18. The zero-order valence-corrected chi connectivity index (χ0v) is 15.9. The normalized spacial score (nSPS) is 44.1. The minimum Gasteiger partial charge on any atom is -0.299 e. The summed E-state index contributed by atoms with van der Waals surface area (Å²) in [6.07, 6.45) is 8.78. The van der Waals surface area contributed by atoms with Gasteiger partial charge >= 0.3 is 0 Å². The van der Waals surface area contributed by atoms with E-state index in [1.165, 1.54) is 5.57 Å². The second-order valence-electron chi connectivity index (χ2n) is 9.59. The SMILES string of the molecule is C=C[C@]1(C)C=C2[C@@H](C(C)=O)C[C@H]3C(C)(C)CCC(=O)[C@]3(C)[C@H]2CC1. The number of hydrogen-bond donors (Lipinski definition) is 0. The van der Waals surface area contributed by atoms with E-state index in [0.717, 1.165) is 25.7 Å². The number of Topliss-reactive ketones (excluding diaryl/α,β-unsaturated/α-hetero) is 2. The fourth-order valence-corrected chi connectivity index (χ4v) is 5.98. The summed E-state index contributed by atoms with van der Waals surface area (Å²) in [6, 6.07) is 0. The third kappa shape index (κ3) is 2.36. The highest BCUT2D eigenvalue weighted by Crippen LogP contribution is 2.63. The van der Waals surface area contributed by atoms with Gasteiger partial charge in [-0.25, -0.2) is 0 Å². The minimum absolute atomic E-state index is 0.0159. The van der Waals surface area contributed by atoms with Crippen molar-refractivity contribution in [3.05, 3.63) is 24.3 Å². The van der Waals surface area contributed by atoms with E-state index >= 15 is 0 Å². The van der Waals surface area contributed by atoms with Crippen molar-refractivity contribution >= 4 is 11.6 Å². The van der Waals surface area contributed by atoms with Crippen molar-refractivity contribution < 1.29 is 9.59 Å². The van der Waals surface area contributed by atoms with E-state index < -0.39 is 0 Å². The van der Waals surface area contributed by atoms with Crippen LogP contribution in [0.1, 0.15) is 66.7 Å². The number of fused-ring (bicyclic) bond motifs is 3. The van der Waals surface area contributed by atoms with Crippen LogP contribution in [0.4, 0.5) is 0 Å². The fourth-order valence-electron chi connectivity index (χ4n) is 5.98. The monoisotopic (exact) mass is 328 g/mol. The summed E-state index contributed by atoms with van der Waals surface area (Å²) in [4.78, 5) is 25.5. The van der Waals surface area contributed by atoms with Gasteiger partial charge in [0, 0.05) is 23.2 Å². The van der Waals surface area contributed by atoms with Crippen molar-refractivity contribution in [1.29, 1.82) is 0 Å². The zero-order chi connectivity index (χ0) is 17.9. The molecule has 3 aliphatic rings. The van der Waals surface area contributed by atoms with Crippen LogP contribution in [0.15, 0.2) is 24.3 Å². The number of hydrogen-bond acceptors (Lipinski definition) is 2. The van der Waals surface area contributed by atoms with E-state index in [0.29, 0.717) is 18.1 Å². The second kappa shape index (κ2) is 5.41. The number of ketones is 2. The summed E-state index contributed by atoms with van der Waals surface area (Å²) >= 11 is 0. The molecule has 2 heteroatoms. The van der Waals surface area contributed by atoms with Crippen LogP contribution in [0, 0.1) is 34.0 Å². The molecule has 0 amide bonds. The maximum Gasteiger partial charge on any atom is 0.139 e. The van der Waals surface area contributed by atoms with Crippen LogP contribution in [0.2, 0.25) is 0 Å². The molecule has 0 aromatic carbocycles. The molecule has 0 heterocycles. The quantitative estimate of drug-likeness (QED) is 0.658. The molecule has 0 saturated heterocycles. The predicted molar refractivity (Wildman–Crippen MR) is 97.5 cm³/mol. The highest BCUT2D eigenvalue weighted by Gasteiger charge is 2.60. The van der Waals surface area contributed by atoms with E-state index in [1.807, 2.05) is 6.08 Å². The Balaban J connectivity index is 2.16. The molecule has 0 bridgehead atoms. The Morgan fingerprint density at radius 2 is 1.92 bits per heavy atom. The van der Waals surface area contributed by atoms with Crippen molar-refractivity contribution in [2.75, 3.05) is 0 Å². The molecule has 0 aromatic heterocycles. The van der Waals surface area contributed by atoms with Crippen LogP contribution >= 0.6 is 0 Å². The summed E-state index contributed by atoms with van der Waals surface area (Å²) in [7, 11) is 0. The van der Waals surface area contributed by atoms with Crippen LogP contribution in [-0.4, -0.2) is 11.6 Å². The molecule has 0 N–H and O–H groups in total. The maximum absolute atomic E-state index is 13.1. The Kier molecular flexibility index (Phi) is 3.97. The summed E-state index contributed by atoms with van der Waals surface area (Å²) < 4.78 is 0. The summed E-state index contributed by atoms with van der Waals surface area (Å²) in [5.41, 5.74) is 1.01. The zero-order valence-electron chi connectivity index (χ0n) is 15.9. The van der Waals surface area contributed by atoms with Gasteiger partial charge in [0.15, 0.2) is 0 Å². The molecule has 2 fully saturated rings. The van der Waals surface area contributed by atoms with Gasteiger partial charge in [0.1, 0.15) is 11.6 Å². The molecule has 3 aliphatic carbocycles. The van der Waals surface area contributed by atoms with Gasteiger partial charge < -0.3 is 0 Å². The third-order valence-corrected chi connectivity index (χ3v) is 7.69. The topological polar surface area (TPSA) is 34.1 Å². The number of rotatable bonds is 2. The first-order chi connectivity index (χ1) is 11.0. The van der Waals surface area contributed by atoms with E-state index in [-0.39, 0.29) is 33.9 Å². The molecule has 2 saturated carbocycles. The van der Waals surface area contributed by atoms with E-state index in [2.05, 4.69) is 40.3 Å². The summed E-state index contributed by atoms with van der Waals surface area (Å²) in [6.45, 7) is 14.7. The van der Waals surface area contributed by atoms with Gasteiger partial charge in [-0.1, -0.05) is 45.4 Å². The van der Waals surface area contributed by atoms with Crippen LogP contribution in [0.5, 0.6) is 0 Å². The molecule has 132 valence electrons. The van der Waals surface area contributed by atoms with Gasteiger partial charge in [0.25, 0.3) is 0 Å².